The molecule has 0 atom stereocenters. The molecule has 0 spiro atoms. The zero-order valence-electron chi connectivity index (χ0n) is 12.0. The second-order valence-electron chi connectivity index (χ2n) is 2.85. The normalized spacial score (nSPS) is 14.1. The molecule has 18 heteroatoms. The topological polar surface area (TPSA) is 21.3 Å². The van der Waals surface area contributed by atoms with Crippen LogP contribution in [0.4, 0.5) is 51.8 Å². The van der Waals surface area contributed by atoms with Crippen LogP contribution >= 0.6 is 0 Å². The van der Waals surface area contributed by atoms with Gasteiger partial charge in [-0.15, -0.1) is 0 Å². The first-order valence-electron chi connectivity index (χ1n) is 4.90. The summed E-state index contributed by atoms with van der Waals surface area (Å²) in [6.07, 6.45) is 0. The molecule has 1 aliphatic rings. The van der Waals surface area contributed by atoms with Crippen LogP contribution in [0.3, 0.4) is 0 Å². The van der Waals surface area contributed by atoms with E-state index >= 15 is 0 Å². The van der Waals surface area contributed by atoms with E-state index in [2.05, 4.69) is 5.32 Å². The van der Waals surface area contributed by atoms with E-state index in [4.69, 9.17) is 4.74 Å². The van der Waals surface area contributed by atoms with Crippen molar-refractivity contribution in [2.24, 2.45) is 0 Å². The molecule has 1 N–H and O–H groups in total. The molecule has 2 nitrogen and oxygen atoms in total. The molecule has 1 aliphatic heterocycles. The van der Waals surface area contributed by atoms with Gasteiger partial charge in [0.2, 0.25) is 0 Å². The molecule has 1 saturated heterocycles. The fourth-order valence-electron chi connectivity index (χ4n) is 0.516. The van der Waals surface area contributed by atoms with Gasteiger partial charge < -0.3 is 63.3 Å². The summed E-state index contributed by atoms with van der Waals surface area (Å²) in [6, 6.07) is 0. The van der Waals surface area contributed by atoms with Crippen LogP contribution in [0.5, 0.6) is 0 Å². The summed E-state index contributed by atoms with van der Waals surface area (Å²) in [4.78, 5) is 0. The molecule has 1 heterocycles. The average Bonchev–Trinajstić information content (AvgIpc) is 2.12. The van der Waals surface area contributed by atoms with Crippen LogP contribution in [0.2, 0.25) is 0 Å². The maximum Gasteiger partial charge on any atom is 1.00 e. The van der Waals surface area contributed by atoms with Crippen molar-refractivity contribution in [1.82, 2.24) is 5.32 Å². The van der Waals surface area contributed by atoms with Crippen LogP contribution in [-0.4, -0.2) is 48.1 Å². The Balaban J connectivity index is -0.0000000434. The Morgan fingerprint density at radius 3 is 0.826 bits per heavy atom. The summed E-state index contributed by atoms with van der Waals surface area (Å²) in [6.45, 7) is 3.83. The van der Waals surface area contributed by atoms with Gasteiger partial charge in [-0.1, -0.05) is 7.43 Å². The van der Waals surface area contributed by atoms with Crippen molar-refractivity contribution in [3.63, 3.8) is 0 Å². The van der Waals surface area contributed by atoms with Crippen LogP contribution in [0.1, 0.15) is 8.85 Å². The van der Waals surface area contributed by atoms with Crippen molar-refractivity contribution in [2.75, 3.05) is 26.3 Å². The second kappa shape index (κ2) is 17.7. The molecule has 0 unspecified atom stereocenters. The van der Waals surface area contributed by atoms with Gasteiger partial charge in [-0.25, -0.2) is 0 Å². The SMILES string of the molecule is C.C1COCCN1.F[B-](F)(F)F.F[B-](F)(F)F.F[B-](F)(F)F.[H-].[K+]. The van der Waals surface area contributed by atoms with E-state index in [-0.39, 0.29) is 60.2 Å². The van der Waals surface area contributed by atoms with E-state index in [9.17, 15) is 51.8 Å². The van der Waals surface area contributed by atoms with E-state index in [1.807, 2.05) is 0 Å². The van der Waals surface area contributed by atoms with E-state index in [0.29, 0.717) is 0 Å². The number of hydrogen-bond donors (Lipinski definition) is 1. The predicted molar refractivity (Wildman–Crippen MR) is 62.1 cm³/mol. The maximum absolute atomic E-state index is 9.75. The molecule has 0 aromatic rings. The third-order valence-corrected chi connectivity index (χ3v) is 0.846. The summed E-state index contributed by atoms with van der Waals surface area (Å²) in [5, 5.41) is 3.16. The summed E-state index contributed by atoms with van der Waals surface area (Å²) in [5.74, 6) is 0. The Kier molecular flexibility index (Phi) is 27.0. The molecular weight excluding hydrogens is 390 g/mol. The van der Waals surface area contributed by atoms with Crippen molar-refractivity contribution in [3.05, 3.63) is 0 Å². The van der Waals surface area contributed by atoms with Gasteiger partial charge in [0.25, 0.3) is 0 Å². The summed E-state index contributed by atoms with van der Waals surface area (Å²) < 4.78 is 122. The molecule has 0 amide bonds. The monoisotopic (exact) mass is 404 g/mol. The largest absolute Gasteiger partial charge is 1.00 e. The minimum Gasteiger partial charge on any atom is -1.00 e. The van der Waals surface area contributed by atoms with Crippen molar-refractivity contribution in [3.8, 4) is 0 Å². The Hall–Kier alpha value is 0.911. The van der Waals surface area contributed by atoms with Crippen LogP contribution in [-0.2, 0) is 4.74 Å². The summed E-state index contributed by atoms with van der Waals surface area (Å²) >= 11 is 0. The predicted octanol–water partition coefficient (Wildman–Crippen LogP) is 1.26. The first-order chi connectivity index (χ1) is 9.00. The average molecular weight is 404 g/mol. The molecule has 0 aromatic heterocycles. The number of rotatable bonds is 0. The summed E-state index contributed by atoms with van der Waals surface area (Å²) in [7, 11) is -18.0. The number of ether oxygens (including phenoxy) is 1. The van der Waals surface area contributed by atoms with E-state index in [1.165, 1.54) is 0 Å². The van der Waals surface area contributed by atoms with Crippen LogP contribution in [0.25, 0.3) is 0 Å². The molecule has 23 heavy (non-hydrogen) atoms. The standard InChI is InChI=1S/C4H9NO.CH4.3BF4.K.H/c1-3-6-4-2-5-1;;3*2-1(3,4)5;;/h5H,1-4H2;1H4;;;;;/q;;3*-1;+1;-1. The van der Waals surface area contributed by atoms with Gasteiger partial charge in [0.1, 0.15) is 0 Å². The van der Waals surface area contributed by atoms with Gasteiger partial charge in [-0.05, 0) is 0 Å². The van der Waals surface area contributed by atoms with Crippen LogP contribution in [0.15, 0.2) is 0 Å². The second-order valence-corrected chi connectivity index (χ2v) is 2.85. The van der Waals surface area contributed by atoms with Crippen molar-refractivity contribution in [1.29, 1.82) is 0 Å². The number of morpholine rings is 1. The molecule has 0 aliphatic carbocycles. The first-order valence-corrected chi connectivity index (χ1v) is 4.90. The maximum atomic E-state index is 9.75. The zero-order chi connectivity index (χ0) is 17.7. The molecule has 1 fully saturated rings. The Bertz CT molecular complexity index is 180. The van der Waals surface area contributed by atoms with E-state index in [1.54, 1.807) is 0 Å². The van der Waals surface area contributed by atoms with Crippen LogP contribution in [0, 0.1) is 0 Å². The third kappa shape index (κ3) is 210. The Morgan fingerprint density at radius 1 is 0.609 bits per heavy atom. The van der Waals surface area contributed by atoms with Gasteiger partial charge in [0.05, 0.1) is 13.2 Å². The third-order valence-electron chi connectivity index (χ3n) is 0.846. The fourth-order valence-corrected chi connectivity index (χ4v) is 0.516. The van der Waals surface area contributed by atoms with E-state index < -0.39 is 21.8 Å². The first kappa shape index (κ1) is 35.1. The van der Waals surface area contributed by atoms with Crippen LogP contribution < -0.4 is 56.7 Å². The van der Waals surface area contributed by atoms with Crippen molar-refractivity contribution < 1.29 is 109 Å². The number of nitrogens with one attached hydrogen (secondary N) is 1. The minimum atomic E-state index is -6.00. The number of halogens is 12. The quantitative estimate of drug-likeness (QED) is 0.486. The van der Waals surface area contributed by atoms with Gasteiger partial charge in [-0.3, -0.25) is 0 Å². The van der Waals surface area contributed by atoms with Gasteiger partial charge in [-0.2, -0.15) is 0 Å². The van der Waals surface area contributed by atoms with Crippen molar-refractivity contribution >= 4 is 21.8 Å². The Labute approximate surface area is 169 Å². The van der Waals surface area contributed by atoms with E-state index in [0.717, 1.165) is 26.3 Å². The van der Waals surface area contributed by atoms with Gasteiger partial charge >= 0.3 is 73.1 Å². The molecule has 0 radical (unpaired) electrons. The van der Waals surface area contributed by atoms with Crippen molar-refractivity contribution in [2.45, 2.75) is 7.43 Å². The molecular formula is C5H14B3F12KNO-3. The van der Waals surface area contributed by atoms with Gasteiger partial charge in [0.15, 0.2) is 0 Å². The Morgan fingerprint density at radius 2 is 0.783 bits per heavy atom. The number of hydrogen-bond acceptors (Lipinski definition) is 2. The summed E-state index contributed by atoms with van der Waals surface area (Å²) in [5.41, 5.74) is 0. The fraction of sp³-hybridized carbons (Fsp3) is 1.00. The molecule has 0 saturated carbocycles. The zero-order valence-corrected chi connectivity index (χ0v) is 14.1. The molecule has 1 rings (SSSR count). The smallest absolute Gasteiger partial charge is 1.00 e. The molecule has 0 bridgehead atoms. The van der Waals surface area contributed by atoms with Gasteiger partial charge in [0, 0.05) is 13.1 Å². The minimum absolute atomic E-state index is 0. The molecule has 142 valence electrons. The molecule has 0 aromatic carbocycles.